The van der Waals surface area contributed by atoms with E-state index in [0.717, 1.165) is 17.4 Å². The lowest BCUT2D eigenvalue weighted by Crippen LogP contribution is -2.05. The number of aliphatic imine (C=N–C) groups is 1. The van der Waals surface area contributed by atoms with E-state index >= 15 is 0 Å². The molecular formula is C10H10ClFN2S. The van der Waals surface area contributed by atoms with E-state index < -0.39 is 5.82 Å². The van der Waals surface area contributed by atoms with E-state index in [0.29, 0.717) is 5.25 Å². The van der Waals surface area contributed by atoms with Crippen LogP contribution >= 0.6 is 23.4 Å². The molecule has 0 radical (unpaired) electrons. The number of rotatable bonds is 1. The standard InChI is InChI=1S/C10H10ClFN2S/c1-6-5-13-10(15-6)14-7-2-3-9(12)8(11)4-7/h2-4,6H,5H2,1H3,(H,13,14)/t6-/m1/s1. The zero-order chi connectivity index (χ0) is 10.8. The molecule has 1 heterocycles. The van der Waals surface area contributed by atoms with Crippen LogP contribution in [0.25, 0.3) is 0 Å². The van der Waals surface area contributed by atoms with Crippen molar-refractivity contribution < 1.29 is 4.39 Å². The summed E-state index contributed by atoms with van der Waals surface area (Å²) in [5.74, 6) is -0.406. The largest absolute Gasteiger partial charge is 0.335 e. The first-order chi connectivity index (χ1) is 7.15. The Morgan fingerprint density at radius 1 is 1.60 bits per heavy atom. The van der Waals surface area contributed by atoms with Gasteiger partial charge in [-0.3, -0.25) is 4.99 Å². The molecule has 1 atom stereocenters. The van der Waals surface area contributed by atoms with Gasteiger partial charge in [0.25, 0.3) is 0 Å². The van der Waals surface area contributed by atoms with Crippen molar-refractivity contribution in [2.24, 2.45) is 4.99 Å². The highest BCUT2D eigenvalue weighted by Gasteiger charge is 2.14. The third kappa shape index (κ3) is 2.63. The van der Waals surface area contributed by atoms with E-state index in [1.807, 2.05) is 0 Å². The summed E-state index contributed by atoms with van der Waals surface area (Å²) in [6, 6.07) is 4.55. The van der Waals surface area contributed by atoms with Crippen LogP contribution in [0.1, 0.15) is 6.92 Å². The van der Waals surface area contributed by atoms with E-state index in [2.05, 4.69) is 17.2 Å². The number of nitrogens with zero attached hydrogens (tertiary/aromatic N) is 1. The van der Waals surface area contributed by atoms with Gasteiger partial charge in [0.05, 0.1) is 11.6 Å². The van der Waals surface area contributed by atoms with Crippen molar-refractivity contribution in [3.05, 3.63) is 29.0 Å². The van der Waals surface area contributed by atoms with E-state index in [4.69, 9.17) is 11.6 Å². The van der Waals surface area contributed by atoms with E-state index in [9.17, 15) is 4.39 Å². The van der Waals surface area contributed by atoms with Crippen LogP contribution in [0.4, 0.5) is 10.1 Å². The van der Waals surface area contributed by atoms with E-state index in [1.54, 1.807) is 23.9 Å². The minimum Gasteiger partial charge on any atom is -0.335 e. The van der Waals surface area contributed by atoms with Crippen molar-refractivity contribution in [1.29, 1.82) is 0 Å². The van der Waals surface area contributed by atoms with Crippen LogP contribution in [0, 0.1) is 5.82 Å². The van der Waals surface area contributed by atoms with Gasteiger partial charge in [-0.15, -0.1) is 0 Å². The quantitative estimate of drug-likeness (QED) is 0.819. The minimum absolute atomic E-state index is 0.122. The van der Waals surface area contributed by atoms with Gasteiger partial charge < -0.3 is 5.32 Å². The van der Waals surface area contributed by atoms with Crippen molar-refractivity contribution in [1.82, 2.24) is 0 Å². The molecule has 2 rings (SSSR count). The summed E-state index contributed by atoms with van der Waals surface area (Å²) in [6.07, 6.45) is 0. The molecule has 5 heteroatoms. The SMILES string of the molecule is C[C@@H]1CN=C(Nc2ccc(F)c(Cl)c2)S1. The summed E-state index contributed by atoms with van der Waals surface area (Å²) < 4.78 is 12.9. The van der Waals surface area contributed by atoms with Gasteiger partial charge in [0, 0.05) is 10.9 Å². The fourth-order valence-electron chi connectivity index (χ4n) is 1.24. The number of nitrogens with one attached hydrogen (secondary N) is 1. The highest BCUT2D eigenvalue weighted by atomic mass is 35.5. The Labute approximate surface area is 96.9 Å². The van der Waals surface area contributed by atoms with E-state index in [1.165, 1.54) is 6.07 Å². The number of halogens is 2. The van der Waals surface area contributed by atoms with Gasteiger partial charge in [-0.25, -0.2) is 4.39 Å². The smallest absolute Gasteiger partial charge is 0.161 e. The molecule has 15 heavy (non-hydrogen) atoms. The van der Waals surface area contributed by atoms with Crippen molar-refractivity contribution >= 4 is 34.2 Å². The zero-order valence-corrected chi connectivity index (χ0v) is 9.70. The Bertz CT molecular complexity index is 408. The molecule has 1 aromatic rings. The number of anilines is 1. The Morgan fingerprint density at radius 3 is 3.00 bits per heavy atom. The Hall–Kier alpha value is -0.740. The normalized spacial score (nSPS) is 20.2. The van der Waals surface area contributed by atoms with Crippen LogP contribution in [0.2, 0.25) is 5.02 Å². The van der Waals surface area contributed by atoms with Gasteiger partial charge in [0.1, 0.15) is 5.82 Å². The van der Waals surface area contributed by atoms with Crippen LogP contribution in [0.3, 0.4) is 0 Å². The first-order valence-corrected chi connectivity index (χ1v) is 5.84. The third-order valence-corrected chi connectivity index (χ3v) is 3.27. The molecule has 1 aliphatic heterocycles. The minimum atomic E-state index is -0.406. The Balaban J connectivity index is 2.08. The lowest BCUT2D eigenvalue weighted by atomic mass is 10.3. The second-order valence-electron chi connectivity index (χ2n) is 3.33. The molecule has 2 nitrogen and oxygen atoms in total. The van der Waals surface area contributed by atoms with Crippen molar-refractivity contribution in [2.45, 2.75) is 12.2 Å². The summed E-state index contributed by atoms with van der Waals surface area (Å²) in [6.45, 7) is 2.93. The summed E-state index contributed by atoms with van der Waals surface area (Å²) in [4.78, 5) is 4.30. The number of hydrogen-bond acceptors (Lipinski definition) is 3. The van der Waals surface area contributed by atoms with Gasteiger partial charge in [-0.1, -0.05) is 30.3 Å². The molecule has 0 bridgehead atoms. The highest BCUT2D eigenvalue weighted by Crippen LogP contribution is 2.24. The molecule has 0 saturated carbocycles. The topological polar surface area (TPSA) is 24.4 Å². The highest BCUT2D eigenvalue weighted by molar-refractivity contribution is 8.15. The van der Waals surface area contributed by atoms with Gasteiger partial charge in [-0.05, 0) is 18.2 Å². The van der Waals surface area contributed by atoms with Gasteiger partial charge in [0.2, 0.25) is 0 Å². The number of benzene rings is 1. The molecule has 0 spiro atoms. The van der Waals surface area contributed by atoms with Crippen LogP contribution < -0.4 is 5.32 Å². The van der Waals surface area contributed by atoms with Gasteiger partial charge in [0.15, 0.2) is 5.17 Å². The number of amidine groups is 1. The maximum atomic E-state index is 12.9. The summed E-state index contributed by atoms with van der Waals surface area (Å²) in [5, 5.41) is 4.59. The fourth-order valence-corrected chi connectivity index (χ4v) is 2.28. The number of hydrogen-bond donors (Lipinski definition) is 1. The summed E-state index contributed by atoms with van der Waals surface area (Å²) in [5.41, 5.74) is 0.766. The average molecular weight is 245 g/mol. The predicted octanol–water partition coefficient (Wildman–Crippen LogP) is 3.38. The van der Waals surface area contributed by atoms with Gasteiger partial charge >= 0.3 is 0 Å². The fraction of sp³-hybridized carbons (Fsp3) is 0.300. The monoisotopic (exact) mass is 244 g/mol. The van der Waals surface area contributed by atoms with Gasteiger partial charge in [-0.2, -0.15) is 0 Å². The molecule has 0 saturated heterocycles. The molecule has 0 unspecified atom stereocenters. The second-order valence-corrected chi connectivity index (χ2v) is 5.16. The third-order valence-electron chi connectivity index (χ3n) is 1.98. The first kappa shape index (κ1) is 10.8. The summed E-state index contributed by atoms with van der Waals surface area (Å²) >= 11 is 7.34. The maximum absolute atomic E-state index is 12.9. The van der Waals surface area contributed by atoms with E-state index in [-0.39, 0.29) is 5.02 Å². The molecular weight excluding hydrogens is 235 g/mol. The van der Waals surface area contributed by atoms with Crippen LogP contribution in [-0.4, -0.2) is 17.0 Å². The van der Waals surface area contributed by atoms with Crippen molar-refractivity contribution in [3.8, 4) is 0 Å². The maximum Gasteiger partial charge on any atom is 0.161 e. The van der Waals surface area contributed by atoms with Crippen LogP contribution in [0.15, 0.2) is 23.2 Å². The zero-order valence-electron chi connectivity index (χ0n) is 8.13. The molecule has 80 valence electrons. The lowest BCUT2D eigenvalue weighted by molar-refractivity contribution is 0.628. The molecule has 0 amide bonds. The lowest BCUT2D eigenvalue weighted by Gasteiger charge is -2.06. The molecule has 0 aliphatic carbocycles. The molecule has 0 fully saturated rings. The Kier molecular flexibility index (Phi) is 3.17. The first-order valence-electron chi connectivity index (χ1n) is 4.58. The van der Waals surface area contributed by atoms with Crippen molar-refractivity contribution in [3.63, 3.8) is 0 Å². The van der Waals surface area contributed by atoms with Crippen LogP contribution in [0.5, 0.6) is 0 Å². The average Bonchev–Trinajstić information content (AvgIpc) is 2.58. The number of thioether (sulfide) groups is 1. The molecule has 1 aliphatic rings. The van der Waals surface area contributed by atoms with Crippen molar-refractivity contribution in [2.75, 3.05) is 11.9 Å². The summed E-state index contributed by atoms with van der Waals surface area (Å²) in [7, 11) is 0. The predicted molar refractivity (Wildman–Crippen MR) is 64.4 cm³/mol. The molecule has 0 aromatic heterocycles. The molecule has 1 N–H and O–H groups in total. The van der Waals surface area contributed by atoms with Crippen LogP contribution in [-0.2, 0) is 0 Å². The Morgan fingerprint density at radius 2 is 2.40 bits per heavy atom. The second kappa shape index (κ2) is 4.41. The molecule has 1 aromatic carbocycles.